The monoisotopic (exact) mass is 433 g/mol. The molecule has 0 spiro atoms. The van der Waals surface area contributed by atoms with Gasteiger partial charge in [0.15, 0.2) is 0 Å². The van der Waals surface area contributed by atoms with Crippen molar-refractivity contribution in [2.24, 2.45) is 0 Å². The van der Waals surface area contributed by atoms with Crippen molar-refractivity contribution in [3.8, 4) is 0 Å². The highest BCUT2D eigenvalue weighted by molar-refractivity contribution is 7.92. The van der Waals surface area contributed by atoms with Crippen LogP contribution in [0.4, 0.5) is 11.4 Å². The molecule has 2 atom stereocenters. The number of amides is 1. The number of carbonyl (C=O) groups is 1. The smallest absolute Gasteiger partial charge is 0.271 e. The molecule has 0 aliphatic carbocycles. The van der Waals surface area contributed by atoms with Crippen LogP contribution >= 0.6 is 0 Å². The molecule has 0 saturated carbocycles. The summed E-state index contributed by atoms with van der Waals surface area (Å²) in [6, 6.07) is 9.79. The largest absolute Gasteiger partial charge is 0.348 e. The number of sulfonamides is 1. The Morgan fingerprint density at radius 2 is 1.87 bits per heavy atom. The van der Waals surface area contributed by atoms with E-state index in [2.05, 4.69) is 5.32 Å². The molecule has 0 radical (unpaired) electrons. The first-order valence-corrected chi connectivity index (χ1v) is 11.4. The average Bonchev–Trinajstić information content (AvgIpc) is 2.64. The lowest BCUT2D eigenvalue weighted by molar-refractivity contribution is -0.384. The van der Waals surface area contributed by atoms with Gasteiger partial charge in [0, 0.05) is 12.1 Å². The van der Waals surface area contributed by atoms with Crippen LogP contribution in [0.25, 0.3) is 0 Å². The molecule has 1 N–H and O–H groups in total. The summed E-state index contributed by atoms with van der Waals surface area (Å²) in [7, 11) is -3.88. The molecule has 0 aliphatic heterocycles. The van der Waals surface area contributed by atoms with E-state index in [1.54, 1.807) is 6.92 Å². The molecule has 0 aliphatic rings. The summed E-state index contributed by atoms with van der Waals surface area (Å²) >= 11 is 0. The molecule has 8 nitrogen and oxygen atoms in total. The normalized spacial score (nSPS) is 13.4. The van der Waals surface area contributed by atoms with Gasteiger partial charge in [-0.1, -0.05) is 36.8 Å². The summed E-state index contributed by atoms with van der Waals surface area (Å²) in [5.41, 5.74) is 2.89. The Bertz CT molecular complexity index is 1050. The molecule has 0 unspecified atom stereocenters. The number of carbonyl (C=O) groups excluding carboxylic acids is 1. The third-order valence-electron chi connectivity index (χ3n) is 4.88. The van der Waals surface area contributed by atoms with Crippen LogP contribution in [0.15, 0.2) is 42.5 Å². The van der Waals surface area contributed by atoms with Gasteiger partial charge >= 0.3 is 0 Å². The molecule has 0 bridgehead atoms. The molecule has 2 aromatic rings. The van der Waals surface area contributed by atoms with Crippen molar-refractivity contribution in [2.45, 2.75) is 46.2 Å². The van der Waals surface area contributed by atoms with E-state index in [1.165, 1.54) is 18.2 Å². The highest BCUT2D eigenvalue weighted by Gasteiger charge is 2.33. The maximum absolute atomic E-state index is 13.1. The Balaban J connectivity index is 2.38. The number of hydrogen-bond acceptors (Lipinski definition) is 5. The molecule has 162 valence electrons. The fourth-order valence-electron chi connectivity index (χ4n) is 3.50. The van der Waals surface area contributed by atoms with E-state index < -0.39 is 26.9 Å². The summed E-state index contributed by atoms with van der Waals surface area (Å²) in [5, 5.41) is 14.0. The van der Waals surface area contributed by atoms with Crippen molar-refractivity contribution in [2.75, 3.05) is 10.6 Å². The summed E-state index contributed by atoms with van der Waals surface area (Å²) < 4.78 is 26.0. The van der Waals surface area contributed by atoms with Gasteiger partial charge in [0.25, 0.3) is 5.69 Å². The first-order chi connectivity index (χ1) is 14.0. The predicted molar refractivity (Wildman–Crippen MR) is 117 cm³/mol. The van der Waals surface area contributed by atoms with Crippen molar-refractivity contribution in [3.63, 3.8) is 0 Å². The summed E-state index contributed by atoms with van der Waals surface area (Å²) in [5.74, 6) is -0.470. The van der Waals surface area contributed by atoms with Crippen molar-refractivity contribution in [3.05, 3.63) is 69.3 Å². The van der Waals surface area contributed by atoms with E-state index in [0.717, 1.165) is 33.3 Å². The fourth-order valence-corrected chi connectivity index (χ4v) is 4.71. The van der Waals surface area contributed by atoms with Gasteiger partial charge in [-0.25, -0.2) is 8.42 Å². The number of anilines is 1. The SMILES string of the molecule is CC[C@@H](C(=O)N[C@@H](C)c1ccc(C)cc1C)N(c1cccc([N+](=O)[O-])c1)S(C)(=O)=O. The lowest BCUT2D eigenvalue weighted by Crippen LogP contribution is -2.49. The molecule has 30 heavy (non-hydrogen) atoms. The molecule has 9 heteroatoms. The van der Waals surface area contributed by atoms with E-state index in [4.69, 9.17) is 0 Å². The number of nitro benzene ring substituents is 1. The van der Waals surface area contributed by atoms with Crippen molar-refractivity contribution in [1.82, 2.24) is 5.32 Å². The van der Waals surface area contributed by atoms with Gasteiger partial charge in [0.2, 0.25) is 15.9 Å². The number of benzene rings is 2. The number of nitro groups is 1. The second-order valence-electron chi connectivity index (χ2n) is 7.35. The topological polar surface area (TPSA) is 110 Å². The van der Waals surface area contributed by atoms with E-state index in [9.17, 15) is 23.3 Å². The standard InChI is InChI=1S/C21H27N3O5S/c1-6-20(21(25)22-16(4)19-11-10-14(2)12-15(19)3)23(30(5,28)29)17-8-7-9-18(13-17)24(26)27/h7-13,16,20H,6H2,1-5H3,(H,22,25)/t16-,20-/m0/s1. The number of hydrogen-bond donors (Lipinski definition) is 1. The minimum absolute atomic E-state index is 0.0767. The van der Waals surface area contributed by atoms with E-state index in [1.807, 2.05) is 39.0 Å². The molecule has 0 saturated heterocycles. The molecule has 0 fully saturated rings. The van der Waals surface area contributed by atoms with Crippen LogP contribution in [0.1, 0.15) is 43.0 Å². The zero-order valence-corrected chi connectivity index (χ0v) is 18.6. The Morgan fingerprint density at radius 3 is 2.40 bits per heavy atom. The van der Waals surface area contributed by atoms with E-state index >= 15 is 0 Å². The molecule has 0 heterocycles. The lowest BCUT2D eigenvalue weighted by atomic mass is 10.00. The van der Waals surface area contributed by atoms with Crippen molar-refractivity contribution >= 4 is 27.3 Å². The van der Waals surface area contributed by atoms with Crippen LogP contribution < -0.4 is 9.62 Å². The van der Waals surface area contributed by atoms with Crippen molar-refractivity contribution in [1.29, 1.82) is 0 Å². The summed E-state index contributed by atoms with van der Waals surface area (Å²) in [6.07, 6.45) is 1.18. The Kier molecular flexibility index (Phi) is 7.20. The van der Waals surface area contributed by atoms with Gasteiger partial charge in [-0.15, -0.1) is 0 Å². The van der Waals surface area contributed by atoms with Gasteiger partial charge in [-0.3, -0.25) is 19.2 Å². The molecule has 1 amide bonds. The first kappa shape index (κ1) is 23.3. The van der Waals surface area contributed by atoms with Crippen molar-refractivity contribution < 1.29 is 18.1 Å². The second-order valence-corrected chi connectivity index (χ2v) is 9.21. The molecular weight excluding hydrogens is 406 g/mol. The van der Waals surface area contributed by atoms with Gasteiger partial charge in [-0.2, -0.15) is 0 Å². The lowest BCUT2D eigenvalue weighted by Gasteiger charge is -2.31. The number of nitrogens with zero attached hydrogens (tertiary/aromatic N) is 2. The Hall–Kier alpha value is -2.94. The minimum Gasteiger partial charge on any atom is -0.348 e. The molecular formula is C21H27N3O5S. The van der Waals surface area contributed by atoms with Gasteiger partial charge in [-0.05, 0) is 44.4 Å². The van der Waals surface area contributed by atoms with Crippen LogP contribution in [0, 0.1) is 24.0 Å². The molecule has 0 aromatic heterocycles. The zero-order chi connectivity index (χ0) is 22.6. The average molecular weight is 434 g/mol. The number of nitrogens with one attached hydrogen (secondary N) is 1. The van der Waals surface area contributed by atoms with Crippen LogP contribution in [-0.2, 0) is 14.8 Å². The highest BCUT2D eigenvalue weighted by atomic mass is 32.2. The number of non-ortho nitro benzene ring substituents is 1. The third-order valence-corrected chi connectivity index (χ3v) is 6.06. The van der Waals surface area contributed by atoms with Crippen LogP contribution in [-0.4, -0.2) is 31.5 Å². The third kappa shape index (κ3) is 5.35. The number of rotatable bonds is 8. The second kappa shape index (κ2) is 9.25. The van der Waals surface area contributed by atoms with E-state index in [0.29, 0.717) is 0 Å². The fraction of sp³-hybridized carbons (Fsp3) is 0.381. The van der Waals surface area contributed by atoms with Gasteiger partial charge in [0.1, 0.15) is 6.04 Å². The molecule has 2 aromatic carbocycles. The van der Waals surface area contributed by atoms with E-state index in [-0.39, 0.29) is 23.8 Å². The Labute approximate surface area is 177 Å². The van der Waals surface area contributed by atoms with Crippen LogP contribution in [0.5, 0.6) is 0 Å². The summed E-state index contributed by atoms with van der Waals surface area (Å²) in [6.45, 7) is 7.46. The predicted octanol–water partition coefficient (Wildman–Crippen LogP) is 3.63. The maximum Gasteiger partial charge on any atom is 0.271 e. The summed E-state index contributed by atoms with van der Waals surface area (Å²) in [4.78, 5) is 23.6. The van der Waals surface area contributed by atoms with Crippen LogP contribution in [0.2, 0.25) is 0 Å². The quantitative estimate of drug-likeness (QED) is 0.505. The van der Waals surface area contributed by atoms with Gasteiger partial charge < -0.3 is 5.32 Å². The highest BCUT2D eigenvalue weighted by Crippen LogP contribution is 2.27. The Morgan fingerprint density at radius 1 is 1.20 bits per heavy atom. The first-order valence-electron chi connectivity index (χ1n) is 9.57. The van der Waals surface area contributed by atoms with Gasteiger partial charge in [0.05, 0.1) is 22.9 Å². The minimum atomic E-state index is -3.88. The number of aryl methyl sites for hydroxylation is 2. The molecule has 2 rings (SSSR count). The maximum atomic E-state index is 13.1. The van der Waals surface area contributed by atoms with Crippen LogP contribution in [0.3, 0.4) is 0 Å². The zero-order valence-electron chi connectivity index (χ0n) is 17.7.